The van der Waals surface area contributed by atoms with Crippen molar-refractivity contribution < 1.29 is 22.4 Å². The van der Waals surface area contributed by atoms with Crippen LogP contribution in [-0.4, -0.2) is 30.1 Å². The standard InChI is InChI=1S/C19H17F4N5O/c20-14-2-3-16(12(9-14)10-24)27-18(29)26-15-5-7-28(8-6-15)17-4-1-13(11-25-17)19(21,22)23/h1-4,9,11,15H,5-8H2,(H2,26,27,29). The number of carbonyl (C=O) groups is 1. The van der Waals surface area contributed by atoms with E-state index < -0.39 is 23.6 Å². The fraction of sp³-hybridized carbons (Fsp3) is 0.316. The van der Waals surface area contributed by atoms with Crippen molar-refractivity contribution in [3.63, 3.8) is 0 Å². The van der Waals surface area contributed by atoms with Crippen molar-refractivity contribution in [1.29, 1.82) is 5.26 Å². The van der Waals surface area contributed by atoms with Crippen LogP contribution in [0.5, 0.6) is 0 Å². The lowest BCUT2D eigenvalue weighted by atomic mass is 10.1. The molecule has 6 nitrogen and oxygen atoms in total. The van der Waals surface area contributed by atoms with Crippen molar-refractivity contribution in [3.05, 3.63) is 53.5 Å². The fourth-order valence-electron chi connectivity index (χ4n) is 3.06. The van der Waals surface area contributed by atoms with Crippen molar-refractivity contribution in [2.45, 2.75) is 25.1 Å². The molecule has 3 rings (SSSR count). The number of piperidine rings is 1. The first-order chi connectivity index (χ1) is 13.8. The highest BCUT2D eigenvalue weighted by atomic mass is 19.4. The molecule has 2 aromatic rings. The normalized spacial score (nSPS) is 14.9. The summed E-state index contributed by atoms with van der Waals surface area (Å²) >= 11 is 0. The van der Waals surface area contributed by atoms with Crippen molar-refractivity contribution in [1.82, 2.24) is 10.3 Å². The third-order valence-corrected chi connectivity index (χ3v) is 4.58. The van der Waals surface area contributed by atoms with Gasteiger partial charge in [-0.25, -0.2) is 14.2 Å². The summed E-state index contributed by atoms with van der Waals surface area (Å²) in [6.07, 6.45) is -2.47. The maximum Gasteiger partial charge on any atom is 0.417 e. The SMILES string of the molecule is N#Cc1cc(F)ccc1NC(=O)NC1CCN(c2ccc(C(F)(F)F)cn2)CC1. The van der Waals surface area contributed by atoms with Gasteiger partial charge in [-0.15, -0.1) is 0 Å². The van der Waals surface area contributed by atoms with Gasteiger partial charge in [0.25, 0.3) is 0 Å². The van der Waals surface area contributed by atoms with Crippen molar-refractivity contribution in [3.8, 4) is 6.07 Å². The number of rotatable bonds is 3. The highest BCUT2D eigenvalue weighted by Crippen LogP contribution is 2.29. The number of hydrogen-bond acceptors (Lipinski definition) is 4. The maximum absolute atomic E-state index is 13.2. The lowest BCUT2D eigenvalue weighted by molar-refractivity contribution is -0.137. The third-order valence-electron chi connectivity index (χ3n) is 4.58. The van der Waals surface area contributed by atoms with Gasteiger partial charge in [-0.05, 0) is 43.2 Å². The van der Waals surface area contributed by atoms with Crippen LogP contribution in [0.2, 0.25) is 0 Å². The lowest BCUT2D eigenvalue weighted by Gasteiger charge is -2.33. The Labute approximate surface area is 164 Å². The molecular weight excluding hydrogens is 390 g/mol. The van der Waals surface area contributed by atoms with Crippen LogP contribution in [0.15, 0.2) is 36.5 Å². The summed E-state index contributed by atoms with van der Waals surface area (Å²) in [5, 5.41) is 14.3. The largest absolute Gasteiger partial charge is 0.417 e. The number of nitrogens with one attached hydrogen (secondary N) is 2. The molecule has 1 aromatic heterocycles. The number of halogens is 4. The van der Waals surface area contributed by atoms with Crippen molar-refractivity contribution in [2.24, 2.45) is 0 Å². The van der Waals surface area contributed by atoms with Crippen molar-refractivity contribution in [2.75, 3.05) is 23.3 Å². The molecule has 1 saturated heterocycles. The van der Waals surface area contributed by atoms with Gasteiger partial charge < -0.3 is 15.5 Å². The molecule has 2 heterocycles. The van der Waals surface area contributed by atoms with Gasteiger partial charge in [0, 0.05) is 25.3 Å². The summed E-state index contributed by atoms with van der Waals surface area (Å²) in [5.74, 6) is -0.123. The minimum Gasteiger partial charge on any atom is -0.356 e. The topological polar surface area (TPSA) is 81.0 Å². The Morgan fingerprint density at radius 3 is 2.52 bits per heavy atom. The van der Waals surface area contributed by atoms with Crippen LogP contribution in [0, 0.1) is 17.1 Å². The first-order valence-electron chi connectivity index (χ1n) is 8.81. The van der Waals surface area contributed by atoms with Gasteiger partial charge in [0.2, 0.25) is 0 Å². The van der Waals surface area contributed by atoms with E-state index >= 15 is 0 Å². The monoisotopic (exact) mass is 407 g/mol. The predicted molar refractivity (Wildman–Crippen MR) is 97.7 cm³/mol. The number of carbonyl (C=O) groups excluding carboxylic acids is 1. The zero-order chi connectivity index (χ0) is 21.0. The lowest BCUT2D eigenvalue weighted by Crippen LogP contribution is -2.46. The van der Waals surface area contributed by atoms with Gasteiger partial charge in [-0.2, -0.15) is 18.4 Å². The number of benzene rings is 1. The molecule has 2 amide bonds. The zero-order valence-corrected chi connectivity index (χ0v) is 15.1. The molecule has 29 heavy (non-hydrogen) atoms. The molecule has 1 aliphatic heterocycles. The first-order valence-corrected chi connectivity index (χ1v) is 8.81. The second-order valence-corrected chi connectivity index (χ2v) is 6.56. The average Bonchev–Trinajstić information content (AvgIpc) is 2.69. The van der Waals surface area contributed by atoms with E-state index in [2.05, 4.69) is 15.6 Å². The Balaban J connectivity index is 1.52. The number of aromatic nitrogens is 1. The number of hydrogen-bond donors (Lipinski definition) is 2. The molecule has 0 atom stereocenters. The molecule has 0 radical (unpaired) electrons. The maximum atomic E-state index is 13.2. The van der Waals surface area contributed by atoms with Crippen LogP contribution in [0.1, 0.15) is 24.0 Å². The number of amides is 2. The van der Waals surface area contributed by atoms with E-state index in [-0.39, 0.29) is 17.3 Å². The van der Waals surface area contributed by atoms with Crippen LogP contribution in [0.4, 0.5) is 33.9 Å². The average molecular weight is 407 g/mol. The van der Waals surface area contributed by atoms with Crippen LogP contribution in [0.25, 0.3) is 0 Å². The van der Waals surface area contributed by atoms with Gasteiger partial charge in [0.15, 0.2) is 0 Å². The summed E-state index contributed by atoms with van der Waals surface area (Å²) in [6, 6.07) is 6.97. The Kier molecular flexibility index (Phi) is 5.87. The summed E-state index contributed by atoms with van der Waals surface area (Å²) in [4.78, 5) is 17.9. The number of pyridine rings is 1. The van der Waals surface area contributed by atoms with E-state index in [1.165, 1.54) is 12.1 Å². The number of anilines is 2. The highest BCUT2D eigenvalue weighted by molar-refractivity contribution is 5.90. The molecule has 1 aromatic carbocycles. The molecule has 0 aliphatic carbocycles. The minimum atomic E-state index is -4.42. The predicted octanol–water partition coefficient (Wildman–Crippen LogP) is 3.90. The molecule has 152 valence electrons. The van der Waals surface area contributed by atoms with Crippen LogP contribution in [0.3, 0.4) is 0 Å². The van der Waals surface area contributed by atoms with E-state index in [4.69, 9.17) is 5.26 Å². The summed E-state index contributed by atoms with van der Waals surface area (Å²) < 4.78 is 51.0. The number of alkyl halides is 3. The van der Waals surface area contributed by atoms with E-state index in [9.17, 15) is 22.4 Å². The molecule has 0 spiro atoms. The molecule has 0 unspecified atom stereocenters. The van der Waals surface area contributed by atoms with Gasteiger partial charge in [-0.1, -0.05) is 0 Å². The van der Waals surface area contributed by atoms with Crippen LogP contribution >= 0.6 is 0 Å². The Hall–Kier alpha value is -3.35. The zero-order valence-electron chi connectivity index (χ0n) is 15.1. The molecular formula is C19H17F4N5O. The summed E-state index contributed by atoms with van der Waals surface area (Å²) in [5.41, 5.74) is -0.576. The summed E-state index contributed by atoms with van der Waals surface area (Å²) in [7, 11) is 0. The first kappa shape index (κ1) is 20.4. The Bertz CT molecular complexity index is 916. The van der Waals surface area contributed by atoms with Gasteiger partial charge in [0.1, 0.15) is 17.7 Å². The van der Waals surface area contributed by atoms with Gasteiger partial charge >= 0.3 is 12.2 Å². The van der Waals surface area contributed by atoms with Crippen LogP contribution in [-0.2, 0) is 6.18 Å². The molecule has 2 N–H and O–H groups in total. The molecule has 0 saturated carbocycles. The molecule has 1 fully saturated rings. The number of nitriles is 1. The van der Waals surface area contributed by atoms with Gasteiger partial charge in [0.05, 0.1) is 16.8 Å². The Morgan fingerprint density at radius 2 is 1.93 bits per heavy atom. The molecule has 1 aliphatic rings. The highest BCUT2D eigenvalue weighted by Gasteiger charge is 2.31. The fourth-order valence-corrected chi connectivity index (χ4v) is 3.06. The Morgan fingerprint density at radius 1 is 1.21 bits per heavy atom. The summed E-state index contributed by atoms with van der Waals surface area (Å²) in [6.45, 7) is 1.03. The number of nitrogens with zero attached hydrogens (tertiary/aromatic N) is 3. The second-order valence-electron chi connectivity index (χ2n) is 6.56. The van der Waals surface area contributed by atoms with Crippen LogP contribution < -0.4 is 15.5 Å². The molecule has 10 heteroatoms. The van der Waals surface area contributed by atoms with Crippen molar-refractivity contribution >= 4 is 17.5 Å². The van der Waals surface area contributed by atoms with E-state index in [1.54, 1.807) is 0 Å². The van der Waals surface area contributed by atoms with Gasteiger partial charge in [-0.3, -0.25) is 0 Å². The smallest absolute Gasteiger partial charge is 0.356 e. The third kappa shape index (κ3) is 5.13. The van der Waals surface area contributed by atoms with E-state index in [0.717, 1.165) is 24.4 Å². The second kappa shape index (κ2) is 8.34. The molecule has 0 bridgehead atoms. The quantitative estimate of drug-likeness (QED) is 0.757. The van der Waals surface area contributed by atoms with E-state index in [0.29, 0.717) is 31.7 Å². The minimum absolute atomic E-state index is 0.0170. The number of urea groups is 1. The van der Waals surface area contributed by atoms with E-state index in [1.807, 2.05) is 11.0 Å².